The van der Waals surface area contributed by atoms with Gasteiger partial charge in [0.15, 0.2) is 5.17 Å². The van der Waals surface area contributed by atoms with Gasteiger partial charge < -0.3 is 10.2 Å². The zero-order chi connectivity index (χ0) is 24.8. The third-order valence-corrected chi connectivity index (χ3v) is 6.71. The molecule has 2 aliphatic rings. The summed E-state index contributed by atoms with van der Waals surface area (Å²) in [6, 6.07) is 11.6. The van der Waals surface area contributed by atoms with Crippen molar-refractivity contribution in [1.29, 1.82) is 0 Å². The van der Waals surface area contributed by atoms with Gasteiger partial charge >= 0.3 is 0 Å². The Bertz CT molecular complexity index is 1150. The SMILES string of the molecule is O=C(Cc1ccc(F)cc1)NNC(=O)c1ccc(NC(=O)CC2SC(N3CCCC3)=NC2=O)cc1. The molecule has 1 atom stereocenters. The van der Waals surface area contributed by atoms with Gasteiger partial charge in [-0.05, 0) is 54.8 Å². The number of amidine groups is 1. The first-order chi connectivity index (χ1) is 16.9. The summed E-state index contributed by atoms with van der Waals surface area (Å²) in [6.45, 7) is 1.77. The molecule has 182 valence electrons. The first-order valence-corrected chi connectivity index (χ1v) is 12.0. The Morgan fingerprint density at radius 3 is 2.34 bits per heavy atom. The van der Waals surface area contributed by atoms with E-state index < -0.39 is 22.9 Å². The van der Waals surface area contributed by atoms with Crippen molar-refractivity contribution in [3.8, 4) is 0 Å². The third-order valence-electron chi connectivity index (χ3n) is 5.50. The van der Waals surface area contributed by atoms with E-state index in [0.717, 1.165) is 25.9 Å². The number of hydrogen-bond donors (Lipinski definition) is 3. The molecule has 0 aliphatic carbocycles. The van der Waals surface area contributed by atoms with E-state index in [1.807, 2.05) is 0 Å². The summed E-state index contributed by atoms with van der Waals surface area (Å²) in [6.07, 6.45) is 2.15. The number of rotatable bonds is 6. The van der Waals surface area contributed by atoms with Crippen molar-refractivity contribution in [3.63, 3.8) is 0 Å². The number of thioether (sulfide) groups is 1. The summed E-state index contributed by atoms with van der Waals surface area (Å²) >= 11 is 1.33. The quantitative estimate of drug-likeness (QED) is 0.527. The van der Waals surface area contributed by atoms with Gasteiger partial charge in [0.1, 0.15) is 11.1 Å². The summed E-state index contributed by atoms with van der Waals surface area (Å²) in [5.41, 5.74) is 5.98. The van der Waals surface area contributed by atoms with Crippen LogP contribution in [0.2, 0.25) is 0 Å². The van der Waals surface area contributed by atoms with E-state index in [-0.39, 0.29) is 30.2 Å². The molecule has 11 heteroatoms. The van der Waals surface area contributed by atoms with Crippen LogP contribution in [0.4, 0.5) is 10.1 Å². The average molecular weight is 498 g/mol. The maximum atomic E-state index is 12.9. The highest BCUT2D eigenvalue weighted by Gasteiger charge is 2.33. The molecule has 2 aromatic carbocycles. The van der Waals surface area contributed by atoms with Crippen LogP contribution in [0.15, 0.2) is 53.5 Å². The Morgan fingerprint density at radius 2 is 1.66 bits per heavy atom. The molecule has 0 saturated carbocycles. The van der Waals surface area contributed by atoms with Crippen LogP contribution in [-0.2, 0) is 20.8 Å². The number of likely N-dealkylation sites (tertiary alicyclic amines) is 1. The average Bonchev–Trinajstić information content (AvgIpc) is 3.50. The van der Waals surface area contributed by atoms with Crippen LogP contribution in [0.3, 0.4) is 0 Å². The minimum absolute atomic E-state index is 0.00661. The Hall–Kier alpha value is -3.73. The van der Waals surface area contributed by atoms with Gasteiger partial charge in [-0.3, -0.25) is 30.0 Å². The van der Waals surface area contributed by atoms with Gasteiger partial charge in [0.2, 0.25) is 11.8 Å². The van der Waals surface area contributed by atoms with Crippen molar-refractivity contribution >= 4 is 46.2 Å². The number of halogens is 1. The molecular formula is C24H24FN5O4S. The zero-order valence-electron chi connectivity index (χ0n) is 18.8. The summed E-state index contributed by atoms with van der Waals surface area (Å²) in [5, 5.41) is 2.89. The van der Waals surface area contributed by atoms with Crippen molar-refractivity contribution in [3.05, 3.63) is 65.5 Å². The van der Waals surface area contributed by atoms with Crippen LogP contribution in [0.1, 0.15) is 35.2 Å². The smallest absolute Gasteiger partial charge is 0.269 e. The summed E-state index contributed by atoms with van der Waals surface area (Å²) in [7, 11) is 0. The molecule has 4 amide bonds. The fourth-order valence-electron chi connectivity index (χ4n) is 3.67. The maximum Gasteiger partial charge on any atom is 0.269 e. The highest BCUT2D eigenvalue weighted by molar-refractivity contribution is 8.15. The molecule has 0 spiro atoms. The predicted octanol–water partition coefficient (Wildman–Crippen LogP) is 2.25. The van der Waals surface area contributed by atoms with Crippen LogP contribution in [0.5, 0.6) is 0 Å². The molecule has 9 nitrogen and oxygen atoms in total. The van der Waals surface area contributed by atoms with Crippen molar-refractivity contribution in [2.24, 2.45) is 4.99 Å². The molecule has 3 N–H and O–H groups in total. The molecule has 4 rings (SSSR count). The number of carbonyl (C=O) groups excluding carboxylic acids is 4. The second-order valence-corrected chi connectivity index (χ2v) is 9.34. The molecule has 0 radical (unpaired) electrons. The van der Waals surface area contributed by atoms with E-state index in [4.69, 9.17) is 0 Å². The number of amides is 4. The lowest BCUT2D eigenvalue weighted by atomic mass is 10.1. The van der Waals surface area contributed by atoms with Gasteiger partial charge in [-0.15, -0.1) is 0 Å². The maximum absolute atomic E-state index is 12.9. The number of nitrogens with one attached hydrogen (secondary N) is 3. The summed E-state index contributed by atoms with van der Waals surface area (Å²) in [4.78, 5) is 55.0. The number of carbonyl (C=O) groups is 4. The highest BCUT2D eigenvalue weighted by Crippen LogP contribution is 2.29. The largest absolute Gasteiger partial charge is 0.351 e. The number of aliphatic imine (C=N–C) groups is 1. The van der Waals surface area contributed by atoms with Gasteiger partial charge in [-0.25, -0.2) is 4.39 Å². The number of anilines is 1. The zero-order valence-corrected chi connectivity index (χ0v) is 19.6. The summed E-state index contributed by atoms with van der Waals surface area (Å²) < 4.78 is 12.9. The van der Waals surface area contributed by atoms with E-state index in [1.54, 1.807) is 12.1 Å². The van der Waals surface area contributed by atoms with Gasteiger partial charge in [-0.1, -0.05) is 23.9 Å². The lowest BCUT2D eigenvalue weighted by Crippen LogP contribution is -2.42. The van der Waals surface area contributed by atoms with Crippen LogP contribution in [0.25, 0.3) is 0 Å². The monoisotopic (exact) mass is 497 g/mol. The molecule has 0 bridgehead atoms. The Kier molecular flexibility index (Phi) is 7.76. The minimum atomic E-state index is -0.533. The van der Waals surface area contributed by atoms with Crippen molar-refractivity contribution in [2.45, 2.75) is 30.9 Å². The molecule has 2 heterocycles. The van der Waals surface area contributed by atoms with Gasteiger partial charge in [-0.2, -0.15) is 4.99 Å². The molecule has 0 aromatic heterocycles. The summed E-state index contributed by atoms with van der Waals surface area (Å²) in [5.74, 6) is -1.99. The fourth-order valence-corrected chi connectivity index (χ4v) is 4.79. The number of hydrogen-bond acceptors (Lipinski definition) is 6. The van der Waals surface area contributed by atoms with Crippen LogP contribution in [0, 0.1) is 5.82 Å². The lowest BCUT2D eigenvalue weighted by molar-refractivity contribution is -0.121. The van der Waals surface area contributed by atoms with E-state index in [0.29, 0.717) is 16.4 Å². The molecule has 2 aromatic rings. The first-order valence-electron chi connectivity index (χ1n) is 11.1. The number of hydrazine groups is 1. The number of benzene rings is 2. The fraction of sp³-hybridized carbons (Fsp3) is 0.292. The lowest BCUT2D eigenvalue weighted by Gasteiger charge is -2.16. The van der Waals surface area contributed by atoms with Crippen LogP contribution < -0.4 is 16.2 Å². The second-order valence-electron chi connectivity index (χ2n) is 8.17. The van der Waals surface area contributed by atoms with Gasteiger partial charge in [0.25, 0.3) is 11.8 Å². The highest BCUT2D eigenvalue weighted by atomic mass is 32.2. The molecule has 35 heavy (non-hydrogen) atoms. The standard InChI is InChI=1S/C24H24FN5O4S/c25-17-7-3-15(4-8-17)13-21(32)28-29-22(33)16-5-9-18(10-6-16)26-20(31)14-19-23(34)27-24(35-19)30-11-1-2-12-30/h3-10,19H,1-2,11-14H2,(H,26,31)(H,28,32)(H,29,33). The van der Waals surface area contributed by atoms with E-state index >= 15 is 0 Å². The minimum Gasteiger partial charge on any atom is -0.351 e. The second kappa shape index (κ2) is 11.1. The van der Waals surface area contributed by atoms with E-state index in [2.05, 4.69) is 26.1 Å². The predicted molar refractivity (Wildman–Crippen MR) is 130 cm³/mol. The Morgan fingerprint density at radius 1 is 0.971 bits per heavy atom. The van der Waals surface area contributed by atoms with Crippen LogP contribution in [-0.4, -0.2) is 52.0 Å². The molecule has 1 fully saturated rings. The van der Waals surface area contributed by atoms with Crippen molar-refractivity contribution < 1.29 is 23.6 Å². The van der Waals surface area contributed by atoms with E-state index in [9.17, 15) is 23.6 Å². The molecule has 1 saturated heterocycles. The van der Waals surface area contributed by atoms with Gasteiger partial charge in [0.05, 0.1) is 6.42 Å². The topological polar surface area (TPSA) is 120 Å². The van der Waals surface area contributed by atoms with E-state index in [1.165, 1.54) is 48.2 Å². The van der Waals surface area contributed by atoms with Crippen molar-refractivity contribution in [2.75, 3.05) is 18.4 Å². The number of nitrogens with zero attached hydrogens (tertiary/aromatic N) is 2. The third kappa shape index (κ3) is 6.66. The first kappa shape index (κ1) is 24.4. The van der Waals surface area contributed by atoms with Crippen molar-refractivity contribution in [1.82, 2.24) is 15.8 Å². The molecule has 2 aliphatic heterocycles. The Labute approximate surface area is 205 Å². The molecular weight excluding hydrogens is 473 g/mol. The van der Waals surface area contributed by atoms with Crippen LogP contribution >= 0.6 is 11.8 Å². The normalized spacial score (nSPS) is 17.2. The molecule has 1 unspecified atom stereocenters. The van der Waals surface area contributed by atoms with Gasteiger partial charge in [0, 0.05) is 30.8 Å². The Balaban J connectivity index is 1.21.